The predicted octanol–water partition coefficient (Wildman–Crippen LogP) is 2.10. The molecular formula is C13H20FNO3S. The first-order valence-corrected chi connectivity index (χ1v) is 7.93. The second-order valence-electron chi connectivity index (χ2n) is 4.27. The summed E-state index contributed by atoms with van der Waals surface area (Å²) in [6.07, 6.45) is 1.86. The number of halogens is 1. The van der Waals surface area contributed by atoms with E-state index < -0.39 is 10.0 Å². The summed E-state index contributed by atoms with van der Waals surface area (Å²) >= 11 is 0. The average Bonchev–Trinajstić information content (AvgIpc) is 2.36. The molecule has 0 aliphatic heterocycles. The van der Waals surface area contributed by atoms with Gasteiger partial charge in [0, 0.05) is 6.54 Å². The molecule has 0 amide bonds. The third-order valence-corrected chi connectivity index (χ3v) is 4.20. The Kier molecular flexibility index (Phi) is 6.24. The number of nitrogens with one attached hydrogen (secondary N) is 1. The second-order valence-corrected chi connectivity index (χ2v) is 6.20. The van der Waals surface area contributed by atoms with Crippen molar-refractivity contribution in [3.63, 3.8) is 0 Å². The highest BCUT2D eigenvalue weighted by molar-refractivity contribution is 7.89. The third-order valence-electron chi connectivity index (χ3n) is 2.73. The Morgan fingerprint density at radius 1 is 1.37 bits per heavy atom. The van der Waals surface area contributed by atoms with Crippen molar-refractivity contribution in [1.29, 1.82) is 0 Å². The SMILES string of the molecule is CCCCS(=O)(=O)NCCc1cc(F)ccc1OC. The molecule has 6 heteroatoms. The van der Waals surface area contributed by atoms with Crippen LogP contribution in [0.3, 0.4) is 0 Å². The summed E-state index contributed by atoms with van der Waals surface area (Å²) in [5.41, 5.74) is 0.653. The molecule has 1 N–H and O–H groups in total. The number of hydrogen-bond acceptors (Lipinski definition) is 3. The van der Waals surface area contributed by atoms with Crippen molar-refractivity contribution in [3.8, 4) is 5.75 Å². The van der Waals surface area contributed by atoms with Gasteiger partial charge in [0.2, 0.25) is 10.0 Å². The van der Waals surface area contributed by atoms with Crippen molar-refractivity contribution >= 4 is 10.0 Å². The van der Waals surface area contributed by atoms with E-state index in [2.05, 4.69) is 4.72 Å². The van der Waals surface area contributed by atoms with Crippen LogP contribution in [0, 0.1) is 5.82 Å². The molecule has 0 aliphatic carbocycles. The minimum Gasteiger partial charge on any atom is -0.496 e. The molecule has 0 unspecified atom stereocenters. The zero-order chi connectivity index (χ0) is 14.3. The summed E-state index contributed by atoms with van der Waals surface area (Å²) in [4.78, 5) is 0. The zero-order valence-electron chi connectivity index (χ0n) is 11.3. The average molecular weight is 289 g/mol. The van der Waals surface area contributed by atoms with E-state index in [9.17, 15) is 12.8 Å². The van der Waals surface area contributed by atoms with Gasteiger partial charge in [-0.2, -0.15) is 0 Å². The Morgan fingerprint density at radius 3 is 2.74 bits per heavy atom. The lowest BCUT2D eigenvalue weighted by Crippen LogP contribution is -2.28. The van der Waals surface area contributed by atoms with Crippen LogP contribution in [0.25, 0.3) is 0 Å². The number of ether oxygens (including phenoxy) is 1. The largest absolute Gasteiger partial charge is 0.496 e. The van der Waals surface area contributed by atoms with Crippen LogP contribution < -0.4 is 9.46 Å². The van der Waals surface area contributed by atoms with Crippen LogP contribution in [-0.2, 0) is 16.4 Å². The van der Waals surface area contributed by atoms with Gasteiger partial charge < -0.3 is 4.74 Å². The number of unbranched alkanes of at least 4 members (excludes halogenated alkanes) is 1. The van der Waals surface area contributed by atoms with Gasteiger partial charge in [0.15, 0.2) is 0 Å². The fraction of sp³-hybridized carbons (Fsp3) is 0.538. The summed E-state index contributed by atoms with van der Waals surface area (Å²) in [5, 5.41) is 0. The number of benzene rings is 1. The molecule has 0 heterocycles. The molecule has 1 aromatic carbocycles. The van der Waals surface area contributed by atoms with Gasteiger partial charge in [-0.15, -0.1) is 0 Å². The van der Waals surface area contributed by atoms with Gasteiger partial charge in [0.1, 0.15) is 11.6 Å². The molecule has 0 atom stereocenters. The minimum absolute atomic E-state index is 0.129. The first kappa shape index (κ1) is 15.9. The monoisotopic (exact) mass is 289 g/mol. The van der Waals surface area contributed by atoms with Gasteiger partial charge in [0.25, 0.3) is 0 Å². The van der Waals surface area contributed by atoms with Crippen LogP contribution in [0.15, 0.2) is 18.2 Å². The summed E-state index contributed by atoms with van der Waals surface area (Å²) in [7, 11) is -1.73. The maximum absolute atomic E-state index is 13.1. The van der Waals surface area contributed by atoms with E-state index in [0.29, 0.717) is 24.2 Å². The van der Waals surface area contributed by atoms with Gasteiger partial charge in [0.05, 0.1) is 12.9 Å². The fourth-order valence-electron chi connectivity index (χ4n) is 1.69. The summed E-state index contributed by atoms with van der Waals surface area (Å²) in [6, 6.07) is 4.21. The molecule has 1 rings (SSSR count). The van der Waals surface area contributed by atoms with Crippen LogP contribution in [0.2, 0.25) is 0 Å². The van der Waals surface area contributed by atoms with E-state index in [0.717, 1.165) is 6.42 Å². The van der Waals surface area contributed by atoms with Crippen LogP contribution >= 0.6 is 0 Å². The third kappa shape index (κ3) is 5.57. The highest BCUT2D eigenvalue weighted by Crippen LogP contribution is 2.19. The molecule has 0 saturated heterocycles. The number of sulfonamides is 1. The van der Waals surface area contributed by atoms with E-state index >= 15 is 0 Å². The molecule has 0 radical (unpaired) electrons. The van der Waals surface area contributed by atoms with E-state index in [4.69, 9.17) is 4.74 Å². The Balaban J connectivity index is 2.55. The normalized spacial score (nSPS) is 11.5. The zero-order valence-corrected chi connectivity index (χ0v) is 12.1. The summed E-state index contributed by atoms with van der Waals surface area (Å²) in [5.74, 6) is 0.336. The molecule has 0 fully saturated rings. The quantitative estimate of drug-likeness (QED) is 0.797. The maximum Gasteiger partial charge on any atom is 0.211 e. The first-order valence-electron chi connectivity index (χ1n) is 6.28. The molecule has 0 saturated carbocycles. The second kappa shape index (κ2) is 7.45. The van der Waals surface area contributed by atoms with E-state index in [1.807, 2.05) is 6.92 Å². The molecule has 1 aromatic rings. The Morgan fingerprint density at radius 2 is 2.11 bits per heavy atom. The number of methoxy groups -OCH3 is 1. The van der Waals surface area contributed by atoms with Crippen molar-refractivity contribution < 1.29 is 17.5 Å². The van der Waals surface area contributed by atoms with E-state index in [-0.39, 0.29) is 18.1 Å². The highest BCUT2D eigenvalue weighted by Gasteiger charge is 2.10. The lowest BCUT2D eigenvalue weighted by atomic mass is 10.1. The standard InChI is InChI=1S/C13H20FNO3S/c1-3-4-9-19(16,17)15-8-7-11-10-12(14)5-6-13(11)18-2/h5-6,10,15H,3-4,7-9H2,1-2H3. The molecule has 0 aliphatic rings. The summed E-state index contributed by atoms with van der Waals surface area (Å²) in [6.45, 7) is 2.18. The first-order chi connectivity index (χ1) is 8.98. The van der Waals surface area contributed by atoms with Gasteiger partial charge in [-0.3, -0.25) is 0 Å². The van der Waals surface area contributed by atoms with Gasteiger partial charge in [-0.05, 0) is 36.6 Å². The van der Waals surface area contributed by atoms with Crippen molar-refractivity contribution in [2.45, 2.75) is 26.2 Å². The Labute approximate surface area is 114 Å². The molecule has 19 heavy (non-hydrogen) atoms. The van der Waals surface area contributed by atoms with E-state index in [1.165, 1.54) is 25.3 Å². The van der Waals surface area contributed by atoms with Gasteiger partial charge in [-0.1, -0.05) is 13.3 Å². The van der Waals surface area contributed by atoms with Crippen molar-refractivity contribution in [3.05, 3.63) is 29.6 Å². The Hall–Kier alpha value is -1.14. The molecule has 0 aromatic heterocycles. The smallest absolute Gasteiger partial charge is 0.211 e. The van der Waals surface area contributed by atoms with Crippen LogP contribution in [0.5, 0.6) is 5.75 Å². The Bertz CT molecular complexity index is 503. The van der Waals surface area contributed by atoms with Crippen molar-refractivity contribution in [2.75, 3.05) is 19.4 Å². The molecule has 0 spiro atoms. The van der Waals surface area contributed by atoms with Crippen molar-refractivity contribution in [1.82, 2.24) is 4.72 Å². The van der Waals surface area contributed by atoms with Crippen molar-refractivity contribution in [2.24, 2.45) is 0 Å². The minimum atomic E-state index is -3.23. The highest BCUT2D eigenvalue weighted by atomic mass is 32.2. The maximum atomic E-state index is 13.1. The number of hydrogen-bond donors (Lipinski definition) is 1. The van der Waals surface area contributed by atoms with Crippen LogP contribution in [0.4, 0.5) is 4.39 Å². The fourth-order valence-corrected chi connectivity index (χ4v) is 2.92. The lowest BCUT2D eigenvalue weighted by Gasteiger charge is -2.09. The molecule has 4 nitrogen and oxygen atoms in total. The molecular weight excluding hydrogens is 269 g/mol. The predicted molar refractivity (Wildman–Crippen MR) is 73.4 cm³/mol. The van der Waals surface area contributed by atoms with E-state index in [1.54, 1.807) is 0 Å². The number of rotatable bonds is 8. The lowest BCUT2D eigenvalue weighted by molar-refractivity contribution is 0.408. The van der Waals surface area contributed by atoms with Crippen LogP contribution in [-0.4, -0.2) is 27.8 Å². The summed E-state index contributed by atoms with van der Waals surface area (Å²) < 4.78 is 43.9. The topological polar surface area (TPSA) is 55.4 Å². The molecule has 108 valence electrons. The van der Waals surface area contributed by atoms with Gasteiger partial charge >= 0.3 is 0 Å². The van der Waals surface area contributed by atoms with Crippen LogP contribution in [0.1, 0.15) is 25.3 Å². The molecule has 0 bridgehead atoms. The van der Waals surface area contributed by atoms with Gasteiger partial charge in [-0.25, -0.2) is 17.5 Å².